The molecule has 0 aliphatic heterocycles. The number of nitrogens with zero attached hydrogens (tertiary/aromatic N) is 2. The number of ether oxygens (including phenoxy) is 1. The van der Waals surface area contributed by atoms with Crippen LogP contribution in [-0.2, 0) is 24.5 Å². The van der Waals surface area contributed by atoms with Gasteiger partial charge in [0.2, 0.25) is 11.8 Å². The normalized spacial score (nSPS) is 16.8. The average molecular weight is 337 g/mol. The van der Waals surface area contributed by atoms with Crippen molar-refractivity contribution in [3.05, 3.63) is 12.2 Å². The van der Waals surface area contributed by atoms with Crippen molar-refractivity contribution >= 4 is 17.8 Å². The van der Waals surface area contributed by atoms with Crippen LogP contribution in [0.3, 0.4) is 0 Å². The molecule has 0 bridgehead atoms. The molecule has 0 aromatic carbocycles. The first-order valence-corrected chi connectivity index (χ1v) is 7.92. The van der Waals surface area contributed by atoms with Crippen molar-refractivity contribution in [3.8, 4) is 0 Å². The molecule has 1 atom stereocenters. The third-order valence-electron chi connectivity index (χ3n) is 4.36. The van der Waals surface area contributed by atoms with Crippen LogP contribution in [0.4, 0.5) is 0 Å². The quantitative estimate of drug-likeness (QED) is 0.584. The molecule has 2 amide bonds. The molecule has 0 radical (unpaired) electrons. The predicted molar refractivity (Wildman–Crippen MR) is 83.7 cm³/mol. The second kappa shape index (κ2) is 7.41. The summed E-state index contributed by atoms with van der Waals surface area (Å²) in [4.78, 5) is 40.3. The molecule has 1 aliphatic carbocycles. The molecule has 1 aliphatic rings. The molecule has 9 heteroatoms. The highest BCUT2D eigenvalue weighted by Gasteiger charge is 2.48. The number of carbonyl (C=O) groups is 3. The number of rotatable bonds is 7. The Morgan fingerprint density at radius 2 is 2.08 bits per heavy atom. The van der Waals surface area contributed by atoms with Crippen LogP contribution in [0.5, 0.6) is 0 Å². The van der Waals surface area contributed by atoms with E-state index < -0.39 is 23.3 Å². The van der Waals surface area contributed by atoms with E-state index in [2.05, 4.69) is 30.6 Å². The van der Waals surface area contributed by atoms with Gasteiger partial charge in [-0.15, -0.1) is 0 Å². The van der Waals surface area contributed by atoms with Crippen molar-refractivity contribution in [1.82, 2.24) is 25.8 Å². The van der Waals surface area contributed by atoms with E-state index in [0.717, 1.165) is 6.42 Å². The minimum Gasteiger partial charge on any atom is -0.467 e. The molecule has 0 spiro atoms. The topological polar surface area (TPSA) is 126 Å². The van der Waals surface area contributed by atoms with Crippen molar-refractivity contribution < 1.29 is 19.1 Å². The monoisotopic (exact) mass is 337 g/mol. The Bertz CT molecular complexity index is 595. The largest absolute Gasteiger partial charge is 0.467 e. The number of esters is 1. The Kier molecular flexibility index (Phi) is 5.53. The number of H-pyrrole nitrogens is 1. The van der Waals surface area contributed by atoms with Crippen LogP contribution < -0.4 is 10.6 Å². The Hall–Kier alpha value is -2.45. The van der Waals surface area contributed by atoms with Gasteiger partial charge in [-0.25, -0.2) is 9.78 Å². The maximum atomic E-state index is 12.5. The number of aromatic nitrogens is 3. The lowest BCUT2D eigenvalue weighted by Gasteiger charge is -2.37. The van der Waals surface area contributed by atoms with Gasteiger partial charge in [-0.3, -0.25) is 14.7 Å². The first-order valence-electron chi connectivity index (χ1n) is 7.92. The van der Waals surface area contributed by atoms with Gasteiger partial charge in [-0.05, 0) is 18.8 Å². The van der Waals surface area contributed by atoms with Crippen molar-refractivity contribution in [2.45, 2.75) is 44.6 Å². The summed E-state index contributed by atoms with van der Waals surface area (Å²) in [6.45, 7) is 3.39. The molecule has 3 N–H and O–H groups in total. The van der Waals surface area contributed by atoms with Crippen LogP contribution in [0.15, 0.2) is 6.33 Å². The summed E-state index contributed by atoms with van der Waals surface area (Å²) in [7, 11) is 1.27. The Morgan fingerprint density at radius 1 is 1.38 bits per heavy atom. The molecule has 132 valence electrons. The van der Waals surface area contributed by atoms with E-state index in [-0.39, 0.29) is 18.4 Å². The molecular weight excluding hydrogens is 314 g/mol. The number of methoxy groups -OCH3 is 1. The molecule has 0 unspecified atom stereocenters. The smallest absolute Gasteiger partial charge is 0.328 e. The minimum atomic E-state index is -0.744. The first-order chi connectivity index (χ1) is 11.4. The fraction of sp³-hybridized carbons (Fsp3) is 0.667. The molecular formula is C15H23N5O4. The van der Waals surface area contributed by atoms with E-state index in [0.29, 0.717) is 18.7 Å². The molecule has 1 aromatic heterocycles. The number of hydrogen-bond donors (Lipinski definition) is 3. The summed E-state index contributed by atoms with van der Waals surface area (Å²) in [5, 5.41) is 11.7. The summed E-state index contributed by atoms with van der Waals surface area (Å²) >= 11 is 0. The van der Waals surface area contributed by atoms with Crippen molar-refractivity contribution in [2.75, 3.05) is 13.7 Å². The molecule has 1 fully saturated rings. The van der Waals surface area contributed by atoms with E-state index in [9.17, 15) is 14.4 Å². The van der Waals surface area contributed by atoms with Gasteiger partial charge in [-0.1, -0.05) is 20.3 Å². The van der Waals surface area contributed by atoms with E-state index in [1.807, 2.05) is 0 Å². The lowest BCUT2D eigenvalue weighted by atomic mass is 9.67. The molecule has 9 nitrogen and oxygen atoms in total. The molecule has 1 heterocycles. The van der Waals surface area contributed by atoms with E-state index in [1.54, 1.807) is 13.8 Å². The average Bonchev–Trinajstić information content (AvgIpc) is 3.03. The predicted octanol–water partition coefficient (Wildman–Crippen LogP) is -0.344. The van der Waals surface area contributed by atoms with Gasteiger partial charge < -0.3 is 15.4 Å². The zero-order valence-corrected chi connectivity index (χ0v) is 14.1. The van der Waals surface area contributed by atoms with Crippen LogP contribution in [0.1, 0.15) is 38.9 Å². The maximum Gasteiger partial charge on any atom is 0.328 e. The summed E-state index contributed by atoms with van der Waals surface area (Å²) in [6, 6.07) is -0.744. The molecule has 2 rings (SSSR count). The SMILES string of the molecule is COC(=O)[C@H](NC(=O)CNC(=O)C1(c2ncn[nH]2)CCC1)C(C)C. The Morgan fingerprint density at radius 3 is 2.54 bits per heavy atom. The van der Waals surface area contributed by atoms with Gasteiger partial charge in [0.25, 0.3) is 0 Å². The summed E-state index contributed by atoms with van der Waals surface area (Å²) in [5.41, 5.74) is -0.740. The van der Waals surface area contributed by atoms with E-state index in [4.69, 9.17) is 0 Å². The van der Waals surface area contributed by atoms with Gasteiger partial charge in [-0.2, -0.15) is 5.10 Å². The number of carbonyl (C=O) groups excluding carboxylic acids is 3. The zero-order valence-electron chi connectivity index (χ0n) is 14.1. The molecule has 0 saturated heterocycles. The van der Waals surface area contributed by atoms with Crippen LogP contribution in [0, 0.1) is 5.92 Å². The fourth-order valence-electron chi connectivity index (χ4n) is 2.72. The van der Waals surface area contributed by atoms with Gasteiger partial charge in [0.15, 0.2) is 0 Å². The molecule has 1 saturated carbocycles. The lowest BCUT2D eigenvalue weighted by Crippen LogP contribution is -2.53. The minimum absolute atomic E-state index is 0.121. The number of nitrogens with one attached hydrogen (secondary N) is 3. The van der Waals surface area contributed by atoms with E-state index >= 15 is 0 Å². The highest BCUT2D eigenvalue weighted by atomic mass is 16.5. The van der Waals surface area contributed by atoms with Crippen LogP contribution >= 0.6 is 0 Å². The van der Waals surface area contributed by atoms with Crippen molar-refractivity contribution in [1.29, 1.82) is 0 Å². The maximum absolute atomic E-state index is 12.5. The first kappa shape index (κ1) is 17.9. The standard InChI is InChI=1S/C15H23N5O4/c1-9(2)11(12(22)24-3)19-10(21)7-16-14(23)15(5-4-6-15)13-17-8-18-20-13/h8-9,11H,4-7H2,1-3H3,(H,16,23)(H,19,21)(H,17,18,20)/t11-/m1/s1. The highest BCUT2D eigenvalue weighted by Crippen LogP contribution is 2.42. The van der Waals surface area contributed by atoms with Gasteiger partial charge in [0, 0.05) is 0 Å². The van der Waals surface area contributed by atoms with Crippen molar-refractivity contribution in [2.24, 2.45) is 5.92 Å². The second-order valence-electron chi connectivity index (χ2n) is 6.26. The molecule has 24 heavy (non-hydrogen) atoms. The lowest BCUT2D eigenvalue weighted by molar-refractivity contribution is -0.146. The summed E-state index contributed by atoms with van der Waals surface area (Å²) in [5.74, 6) is -0.827. The highest BCUT2D eigenvalue weighted by molar-refractivity contribution is 5.92. The van der Waals surface area contributed by atoms with Crippen LogP contribution in [-0.4, -0.2) is 52.7 Å². The third-order valence-corrected chi connectivity index (χ3v) is 4.36. The Balaban J connectivity index is 1.91. The number of aromatic amines is 1. The van der Waals surface area contributed by atoms with E-state index in [1.165, 1.54) is 13.4 Å². The number of hydrogen-bond acceptors (Lipinski definition) is 6. The number of amides is 2. The fourth-order valence-corrected chi connectivity index (χ4v) is 2.72. The third kappa shape index (κ3) is 3.55. The molecule has 1 aromatic rings. The Labute approximate surface area is 139 Å². The summed E-state index contributed by atoms with van der Waals surface area (Å²) in [6.07, 6.45) is 3.59. The second-order valence-corrected chi connectivity index (χ2v) is 6.26. The van der Waals surface area contributed by atoms with Crippen molar-refractivity contribution in [3.63, 3.8) is 0 Å². The zero-order chi connectivity index (χ0) is 17.7. The van der Waals surface area contributed by atoms with Gasteiger partial charge in [0.05, 0.1) is 13.7 Å². The van der Waals surface area contributed by atoms with Gasteiger partial charge >= 0.3 is 5.97 Å². The van der Waals surface area contributed by atoms with Gasteiger partial charge in [0.1, 0.15) is 23.6 Å². The van der Waals surface area contributed by atoms with Crippen LogP contribution in [0.2, 0.25) is 0 Å². The van der Waals surface area contributed by atoms with Crippen LogP contribution in [0.25, 0.3) is 0 Å². The summed E-state index contributed by atoms with van der Waals surface area (Å²) < 4.78 is 4.67.